The maximum absolute atomic E-state index is 6.13. The standard InChI is InChI=1S/C25H35N3O2/c1-9-19-12-22-23(17(6)13-28(22)18(7)14-29-8)27-24(19)20-10-11-21(15(2)3)26-25(20)30-16(4)5/h10-13,15-16,18H,9,14H2,1-8H3/t18-/m0/s1. The summed E-state index contributed by atoms with van der Waals surface area (Å²) in [5.74, 6) is 1.01. The summed E-state index contributed by atoms with van der Waals surface area (Å²) in [6, 6.07) is 6.73. The van der Waals surface area contributed by atoms with E-state index in [0.717, 1.165) is 40.0 Å². The van der Waals surface area contributed by atoms with Gasteiger partial charge in [0, 0.05) is 19.0 Å². The van der Waals surface area contributed by atoms with Gasteiger partial charge in [0.15, 0.2) is 0 Å². The summed E-state index contributed by atoms with van der Waals surface area (Å²) in [5, 5.41) is 0. The van der Waals surface area contributed by atoms with Gasteiger partial charge in [-0.3, -0.25) is 0 Å². The van der Waals surface area contributed by atoms with Gasteiger partial charge >= 0.3 is 0 Å². The van der Waals surface area contributed by atoms with Crippen molar-refractivity contribution >= 4 is 11.0 Å². The number of hydrogen-bond acceptors (Lipinski definition) is 4. The molecule has 0 radical (unpaired) electrons. The van der Waals surface area contributed by atoms with E-state index in [0.29, 0.717) is 18.4 Å². The number of rotatable bonds is 8. The molecule has 0 aromatic carbocycles. The van der Waals surface area contributed by atoms with Crippen LogP contribution in [0.2, 0.25) is 0 Å². The van der Waals surface area contributed by atoms with Crippen molar-refractivity contribution in [2.24, 2.45) is 0 Å². The van der Waals surface area contributed by atoms with E-state index in [2.05, 4.69) is 63.6 Å². The Balaban J connectivity index is 2.22. The molecule has 0 aliphatic heterocycles. The Bertz CT molecular complexity index is 1020. The summed E-state index contributed by atoms with van der Waals surface area (Å²) >= 11 is 0. The summed E-state index contributed by atoms with van der Waals surface area (Å²) in [6.45, 7) is 15.5. The number of aromatic nitrogens is 3. The molecule has 5 heteroatoms. The second kappa shape index (κ2) is 9.17. The van der Waals surface area contributed by atoms with Gasteiger partial charge in [0.05, 0.1) is 41.0 Å². The van der Waals surface area contributed by atoms with Crippen molar-refractivity contribution in [1.29, 1.82) is 0 Å². The van der Waals surface area contributed by atoms with E-state index in [-0.39, 0.29) is 12.1 Å². The number of fused-ring (bicyclic) bond motifs is 1. The third kappa shape index (κ3) is 4.36. The number of methoxy groups -OCH3 is 1. The zero-order valence-electron chi connectivity index (χ0n) is 19.6. The van der Waals surface area contributed by atoms with Crippen molar-refractivity contribution in [3.8, 4) is 17.1 Å². The highest BCUT2D eigenvalue weighted by atomic mass is 16.5. The van der Waals surface area contributed by atoms with E-state index in [1.54, 1.807) is 7.11 Å². The van der Waals surface area contributed by atoms with Gasteiger partial charge < -0.3 is 14.0 Å². The largest absolute Gasteiger partial charge is 0.474 e. The van der Waals surface area contributed by atoms with Crippen molar-refractivity contribution in [2.45, 2.75) is 73.0 Å². The maximum atomic E-state index is 6.13. The van der Waals surface area contributed by atoms with Gasteiger partial charge in [-0.15, -0.1) is 0 Å². The van der Waals surface area contributed by atoms with Crippen LogP contribution >= 0.6 is 0 Å². The normalized spacial score (nSPS) is 12.9. The van der Waals surface area contributed by atoms with Crippen molar-refractivity contribution < 1.29 is 9.47 Å². The monoisotopic (exact) mass is 409 g/mol. The van der Waals surface area contributed by atoms with Crippen LogP contribution in [-0.4, -0.2) is 34.4 Å². The summed E-state index contributed by atoms with van der Waals surface area (Å²) in [7, 11) is 1.74. The van der Waals surface area contributed by atoms with Crippen LogP contribution in [0.4, 0.5) is 0 Å². The van der Waals surface area contributed by atoms with Gasteiger partial charge in [-0.25, -0.2) is 9.97 Å². The molecule has 3 heterocycles. The fraction of sp³-hybridized carbons (Fsp3) is 0.520. The summed E-state index contributed by atoms with van der Waals surface area (Å²) in [4.78, 5) is 9.98. The highest BCUT2D eigenvalue weighted by molar-refractivity contribution is 5.85. The summed E-state index contributed by atoms with van der Waals surface area (Å²) in [5.41, 5.74) is 7.48. The van der Waals surface area contributed by atoms with E-state index in [1.807, 2.05) is 13.8 Å². The van der Waals surface area contributed by atoms with Gasteiger partial charge in [-0.05, 0) is 69.4 Å². The molecule has 0 amide bonds. The number of aryl methyl sites for hydroxylation is 2. The van der Waals surface area contributed by atoms with Crippen LogP contribution in [0, 0.1) is 6.92 Å². The molecule has 30 heavy (non-hydrogen) atoms. The Hall–Kier alpha value is -2.40. The zero-order valence-corrected chi connectivity index (χ0v) is 19.6. The van der Waals surface area contributed by atoms with E-state index in [1.165, 1.54) is 5.56 Å². The molecule has 0 bridgehead atoms. The Labute approximate surface area is 180 Å². The van der Waals surface area contributed by atoms with E-state index >= 15 is 0 Å². The Morgan fingerprint density at radius 3 is 2.40 bits per heavy atom. The fourth-order valence-corrected chi connectivity index (χ4v) is 3.83. The van der Waals surface area contributed by atoms with E-state index < -0.39 is 0 Å². The summed E-state index contributed by atoms with van der Waals surface area (Å²) < 4.78 is 13.8. The molecule has 1 atom stereocenters. The second-order valence-electron chi connectivity index (χ2n) is 8.65. The van der Waals surface area contributed by atoms with E-state index in [4.69, 9.17) is 19.4 Å². The lowest BCUT2D eigenvalue weighted by Crippen LogP contribution is -2.11. The minimum Gasteiger partial charge on any atom is -0.474 e. The van der Waals surface area contributed by atoms with Crippen LogP contribution < -0.4 is 4.74 Å². The first-order chi connectivity index (χ1) is 14.3. The average molecular weight is 410 g/mol. The highest BCUT2D eigenvalue weighted by Crippen LogP contribution is 2.35. The first kappa shape index (κ1) is 22.3. The molecule has 162 valence electrons. The lowest BCUT2D eigenvalue weighted by molar-refractivity contribution is 0.164. The Morgan fingerprint density at radius 1 is 1.07 bits per heavy atom. The van der Waals surface area contributed by atoms with Crippen LogP contribution in [0.3, 0.4) is 0 Å². The third-order valence-electron chi connectivity index (χ3n) is 5.41. The van der Waals surface area contributed by atoms with Crippen molar-refractivity contribution in [3.63, 3.8) is 0 Å². The van der Waals surface area contributed by atoms with Crippen LogP contribution in [0.1, 0.15) is 70.3 Å². The molecule has 0 aliphatic carbocycles. The topological polar surface area (TPSA) is 49.2 Å². The number of nitrogens with zero attached hydrogens (tertiary/aromatic N) is 3. The minimum absolute atomic E-state index is 0.0465. The van der Waals surface area contributed by atoms with Crippen molar-refractivity contribution in [1.82, 2.24) is 14.5 Å². The molecule has 0 N–H and O–H groups in total. The molecule has 0 unspecified atom stereocenters. The first-order valence-corrected chi connectivity index (χ1v) is 10.9. The highest BCUT2D eigenvalue weighted by Gasteiger charge is 2.20. The van der Waals surface area contributed by atoms with Gasteiger partial charge in [0.2, 0.25) is 5.88 Å². The lowest BCUT2D eigenvalue weighted by Gasteiger charge is -2.18. The second-order valence-corrected chi connectivity index (χ2v) is 8.65. The quantitative estimate of drug-likeness (QED) is 0.452. The molecule has 0 fully saturated rings. The van der Waals surface area contributed by atoms with Crippen molar-refractivity contribution in [3.05, 3.63) is 41.2 Å². The number of ether oxygens (including phenoxy) is 2. The molecule has 0 spiro atoms. The SMILES string of the molecule is CCc1cc2c(nc1-c1ccc(C(C)C)nc1OC(C)C)c(C)cn2[C@@H](C)COC. The molecule has 3 aromatic heterocycles. The average Bonchev–Trinajstić information content (AvgIpc) is 3.02. The summed E-state index contributed by atoms with van der Waals surface area (Å²) in [6.07, 6.45) is 3.11. The van der Waals surface area contributed by atoms with E-state index in [9.17, 15) is 0 Å². The predicted molar refractivity (Wildman–Crippen MR) is 124 cm³/mol. The van der Waals surface area contributed by atoms with Crippen LogP contribution in [-0.2, 0) is 11.2 Å². The molecule has 0 saturated carbocycles. The minimum atomic E-state index is 0.0465. The Morgan fingerprint density at radius 2 is 1.80 bits per heavy atom. The molecular weight excluding hydrogens is 374 g/mol. The molecule has 0 saturated heterocycles. The van der Waals surface area contributed by atoms with Gasteiger partial charge in [0.1, 0.15) is 0 Å². The van der Waals surface area contributed by atoms with Crippen molar-refractivity contribution in [2.75, 3.05) is 13.7 Å². The first-order valence-electron chi connectivity index (χ1n) is 10.9. The third-order valence-corrected chi connectivity index (χ3v) is 5.41. The number of pyridine rings is 2. The zero-order chi connectivity index (χ0) is 22.0. The van der Waals surface area contributed by atoms with Gasteiger partial charge in [0.25, 0.3) is 0 Å². The molecule has 3 aromatic rings. The van der Waals surface area contributed by atoms with Crippen LogP contribution in [0.25, 0.3) is 22.3 Å². The maximum Gasteiger partial charge on any atom is 0.223 e. The fourth-order valence-electron chi connectivity index (χ4n) is 3.83. The molecule has 3 rings (SSSR count). The van der Waals surface area contributed by atoms with Crippen LogP contribution in [0.15, 0.2) is 24.4 Å². The van der Waals surface area contributed by atoms with Gasteiger partial charge in [-0.1, -0.05) is 20.8 Å². The molecular formula is C25H35N3O2. The smallest absolute Gasteiger partial charge is 0.223 e. The number of hydrogen-bond donors (Lipinski definition) is 0. The van der Waals surface area contributed by atoms with Crippen LogP contribution in [0.5, 0.6) is 5.88 Å². The Kier molecular flexibility index (Phi) is 6.81. The molecule has 5 nitrogen and oxygen atoms in total. The molecule has 0 aliphatic rings. The van der Waals surface area contributed by atoms with Gasteiger partial charge in [-0.2, -0.15) is 0 Å². The predicted octanol–water partition coefficient (Wildman–Crippen LogP) is 6.09. The lowest BCUT2D eigenvalue weighted by atomic mass is 10.0.